The molecule has 2 rings (SSSR count). The van der Waals surface area contributed by atoms with Gasteiger partial charge in [0.25, 0.3) is 0 Å². The van der Waals surface area contributed by atoms with E-state index < -0.39 is 12.0 Å². The number of carbonyl (C=O) groups is 1. The van der Waals surface area contributed by atoms with Crippen LogP contribution in [0.15, 0.2) is 36.5 Å². The summed E-state index contributed by atoms with van der Waals surface area (Å²) < 4.78 is 8.12. The van der Waals surface area contributed by atoms with Crippen LogP contribution in [0.4, 0.5) is 0 Å². The number of rotatable bonds is 10. The van der Waals surface area contributed by atoms with Crippen LogP contribution >= 0.6 is 11.6 Å². The van der Waals surface area contributed by atoms with Crippen LogP contribution in [0, 0.1) is 5.92 Å². The fourth-order valence-corrected chi connectivity index (χ4v) is 3.34. The molecule has 0 unspecified atom stereocenters. The summed E-state index contributed by atoms with van der Waals surface area (Å²) in [4.78, 5) is 12.0. The number of hydroxylamine groups is 1. The highest BCUT2D eigenvalue weighted by Crippen LogP contribution is 2.30. The molecule has 0 saturated carbocycles. The Labute approximate surface area is 171 Å². The molecule has 2 aromatic rings. The molecule has 154 valence electrons. The molecule has 0 spiro atoms. The molecule has 2 atom stereocenters. The first kappa shape index (κ1) is 22.4. The third kappa shape index (κ3) is 6.33. The summed E-state index contributed by atoms with van der Waals surface area (Å²) in [5.41, 5.74) is 3.83. The molecule has 0 bridgehead atoms. The van der Waals surface area contributed by atoms with Gasteiger partial charge in [-0.25, -0.2) is 5.48 Å². The van der Waals surface area contributed by atoms with Crippen molar-refractivity contribution in [1.29, 1.82) is 0 Å². The second-order valence-corrected chi connectivity index (χ2v) is 8.17. The Morgan fingerprint density at radius 2 is 1.89 bits per heavy atom. The van der Waals surface area contributed by atoms with E-state index in [1.807, 2.05) is 35.0 Å². The van der Waals surface area contributed by atoms with E-state index in [0.717, 1.165) is 11.3 Å². The third-order valence-electron chi connectivity index (χ3n) is 4.54. The summed E-state index contributed by atoms with van der Waals surface area (Å²) in [5.74, 6) is -0.251. The Balaban J connectivity index is 2.40. The largest absolute Gasteiger partial charge is 0.377 e. The molecule has 1 amide bonds. The van der Waals surface area contributed by atoms with E-state index in [4.69, 9.17) is 21.5 Å². The van der Waals surface area contributed by atoms with Crippen molar-refractivity contribution in [3.05, 3.63) is 52.8 Å². The van der Waals surface area contributed by atoms with Crippen LogP contribution < -0.4 is 5.48 Å². The lowest BCUT2D eigenvalue weighted by molar-refractivity contribution is -0.133. The lowest BCUT2D eigenvalue weighted by Gasteiger charge is -2.29. The molecule has 28 heavy (non-hydrogen) atoms. The molecular formula is C21H30ClN3O3. The van der Waals surface area contributed by atoms with Crippen molar-refractivity contribution in [2.75, 3.05) is 6.61 Å². The maximum Gasteiger partial charge on any atom is 0.245 e. The number of benzene rings is 1. The summed E-state index contributed by atoms with van der Waals surface area (Å²) in [5, 5.41) is 14.2. The summed E-state index contributed by atoms with van der Waals surface area (Å²) in [6.45, 7) is 8.79. The minimum absolute atomic E-state index is 0.0603. The second kappa shape index (κ2) is 10.6. The zero-order valence-corrected chi connectivity index (χ0v) is 17.7. The molecular weight excluding hydrogens is 378 g/mol. The standard InChI is InChI=1S/C21H30ClN3O3/c1-14(2)13-28-20(12-21(26)24-27)18(11-16-5-7-17(22)8-6-16)19-9-10-23-25(19)15(3)4/h5-10,14-15,18,20,27H,11-13H2,1-4H3,(H,24,26)/t18-,20-/m1/s1. The van der Waals surface area contributed by atoms with Crippen molar-refractivity contribution in [3.8, 4) is 0 Å². The van der Waals surface area contributed by atoms with Crippen LogP contribution in [0.25, 0.3) is 0 Å². The van der Waals surface area contributed by atoms with Gasteiger partial charge in [0.1, 0.15) is 0 Å². The summed E-state index contributed by atoms with van der Waals surface area (Å²) >= 11 is 6.03. The number of nitrogens with zero attached hydrogens (tertiary/aromatic N) is 2. The van der Waals surface area contributed by atoms with Crippen LogP contribution in [0.5, 0.6) is 0 Å². The van der Waals surface area contributed by atoms with Crippen molar-refractivity contribution in [3.63, 3.8) is 0 Å². The molecule has 0 aliphatic heterocycles. The van der Waals surface area contributed by atoms with E-state index in [1.165, 1.54) is 0 Å². The number of ether oxygens (including phenoxy) is 1. The molecule has 0 aliphatic rings. The van der Waals surface area contributed by atoms with Gasteiger partial charge in [-0.1, -0.05) is 37.6 Å². The number of hydrogen-bond acceptors (Lipinski definition) is 4. The van der Waals surface area contributed by atoms with Gasteiger partial charge in [0.05, 0.1) is 12.5 Å². The second-order valence-electron chi connectivity index (χ2n) is 7.74. The van der Waals surface area contributed by atoms with E-state index in [1.54, 1.807) is 11.7 Å². The molecule has 0 saturated heterocycles. The highest BCUT2D eigenvalue weighted by Gasteiger charge is 2.30. The average molecular weight is 408 g/mol. The lowest BCUT2D eigenvalue weighted by atomic mass is 9.88. The smallest absolute Gasteiger partial charge is 0.245 e. The maximum absolute atomic E-state index is 12.0. The molecule has 2 N–H and O–H groups in total. The van der Waals surface area contributed by atoms with Gasteiger partial charge in [-0.15, -0.1) is 0 Å². The normalized spacial score (nSPS) is 13.7. The quantitative estimate of drug-likeness (QED) is 0.452. The Hall–Kier alpha value is -1.89. The summed E-state index contributed by atoms with van der Waals surface area (Å²) in [7, 11) is 0. The third-order valence-corrected chi connectivity index (χ3v) is 4.79. The zero-order chi connectivity index (χ0) is 20.7. The number of carbonyl (C=O) groups excluding carboxylic acids is 1. The molecule has 1 aromatic heterocycles. The van der Waals surface area contributed by atoms with Crippen LogP contribution in [0.2, 0.25) is 5.02 Å². The van der Waals surface area contributed by atoms with Crippen molar-refractivity contribution in [2.45, 2.75) is 58.6 Å². The van der Waals surface area contributed by atoms with Crippen molar-refractivity contribution in [1.82, 2.24) is 15.3 Å². The van der Waals surface area contributed by atoms with E-state index >= 15 is 0 Å². The Kier molecular flexibility index (Phi) is 8.48. The van der Waals surface area contributed by atoms with Gasteiger partial charge in [-0.3, -0.25) is 14.7 Å². The summed E-state index contributed by atoms with van der Waals surface area (Å²) in [6, 6.07) is 9.84. The van der Waals surface area contributed by atoms with Gasteiger partial charge >= 0.3 is 0 Å². The SMILES string of the molecule is CC(C)CO[C@H](CC(=O)NO)[C@H](Cc1ccc(Cl)cc1)c1ccnn1C(C)C. The number of aromatic nitrogens is 2. The van der Waals surface area contributed by atoms with Gasteiger partial charge in [0, 0.05) is 35.5 Å². The van der Waals surface area contributed by atoms with E-state index in [2.05, 4.69) is 32.8 Å². The molecule has 6 nitrogen and oxygen atoms in total. The topological polar surface area (TPSA) is 76.4 Å². The number of amides is 1. The van der Waals surface area contributed by atoms with Gasteiger partial charge in [0.15, 0.2) is 0 Å². The molecule has 0 fully saturated rings. The first-order valence-electron chi connectivity index (χ1n) is 9.64. The predicted molar refractivity (Wildman–Crippen MR) is 110 cm³/mol. The predicted octanol–water partition coefficient (Wildman–Crippen LogP) is 4.38. The highest BCUT2D eigenvalue weighted by atomic mass is 35.5. The average Bonchev–Trinajstić information content (AvgIpc) is 3.14. The van der Waals surface area contributed by atoms with Crippen molar-refractivity contribution >= 4 is 17.5 Å². The summed E-state index contributed by atoms with van der Waals surface area (Å²) in [6.07, 6.45) is 2.09. The monoisotopic (exact) mass is 407 g/mol. The van der Waals surface area contributed by atoms with Crippen LogP contribution in [0.3, 0.4) is 0 Å². The molecule has 1 aromatic carbocycles. The Morgan fingerprint density at radius 3 is 2.46 bits per heavy atom. The van der Waals surface area contributed by atoms with Gasteiger partial charge in [0.2, 0.25) is 5.91 Å². The fourth-order valence-electron chi connectivity index (χ4n) is 3.21. The zero-order valence-electron chi connectivity index (χ0n) is 16.9. The van der Waals surface area contributed by atoms with Gasteiger partial charge in [-0.05, 0) is 49.9 Å². The molecule has 1 heterocycles. The molecule has 0 aliphatic carbocycles. The minimum Gasteiger partial charge on any atom is -0.377 e. The highest BCUT2D eigenvalue weighted by molar-refractivity contribution is 6.30. The van der Waals surface area contributed by atoms with Crippen LogP contribution in [-0.2, 0) is 16.0 Å². The van der Waals surface area contributed by atoms with Crippen molar-refractivity contribution < 1.29 is 14.7 Å². The first-order valence-corrected chi connectivity index (χ1v) is 10.0. The Bertz CT molecular complexity index is 744. The van der Waals surface area contributed by atoms with Gasteiger partial charge in [-0.2, -0.15) is 5.10 Å². The number of nitrogens with one attached hydrogen (secondary N) is 1. The Morgan fingerprint density at radius 1 is 1.21 bits per heavy atom. The molecule has 0 radical (unpaired) electrons. The molecule has 7 heteroatoms. The maximum atomic E-state index is 12.0. The first-order chi connectivity index (χ1) is 13.3. The van der Waals surface area contributed by atoms with Crippen LogP contribution in [0.1, 0.15) is 57.3 Å². The van der Waals surface area contributed by atoms with Gasteiger partial charge < -0.3 is 4.74 Å². The lowest BCUT2D eigenvalue weighted by Crippen LogP contribution is -2.33. The number of hydrogen-bond donors (Lipinski definition) is 2. The van der Waals surface area contributed by atoms with E-state index in [-0.39, 0.29) is 18.4 Å². The fraction of sp³-hybridized carbons (Fsp3) is 0.524. The van der Waals surface area contributed by atoms with E-state index in [9.17, 15) is 4.79 Å². The number of halogens is 1. The van der Waals surface area contributed by atoms with Crippen molar-refractivity contribution in [2.24, 2.45) is 5.92 Å². The van der Waals surface area contributed by atoms with E-state index in [0.29, 0.717) is 24.0 Å². The van der Waals surface area contributed by atoms with Crippen LogP contribution in [-0.4, -0.2) is 33.6 Å². The minimum atomic E-state index is -0.467.